The van der Waals surface area contributed by atoms with Gasteiger partial charge in [0, 0.05) is 12.4 Å². The third-order valence-electron chi connectivity index (χ3n) is 1.36. The first kappa shape index (κ1) is 9.17. The predicted molar refractivity (Wildman–Crippen MR) is 43.2 cm³/mol. The number of aromatic nitrogens is 2. The molecule has 0 radical (unpaired) electrons. The smallest absolute Gasteiger partial charge is 0.275 e. The summed E-state index contributed by atoms with van der Waals surface area (Å²) in [6.45, 7) is 1.88. The maximum absolute atomic E-state index is 10.5. The fourth-order valence-electron chi connectivity index (χ4n) is 0.730. The average molecular weight is 190 g/mol. The molecule has 1 aromatic rings. The van der Waals surface area contributed by atoms with Gasteiger partial charge in [-0.05, 0) is 6.92 Å². The summed E-state index contributed by atoms with van der Waals surface area (Å²) in [4.78, 5) is 3.90. The van der Waals surface area contributed by atoms with E-state index in [1.807, 2.05) is 0 Å². The summed E-state index contributed by atoms with van der Waals surface area (Å²) in [6, 6.07) is 0. The molecule has 0 aliphatic carbocycles. The van der Waals surface area contributed by atoms with Crippen molar-refractivity contribution in [3.63, 3.8) is 0 Å². The van der Waals surface area contributed by atoms with Gasteiger partial charge < -0.3 is 4.57 Å². The molecule has 68 valence electrons. The molecule has 0 aromatic carbocycles. The van der Waals surface area contributed by atoms with Crippen LogP contribution in [0.1, 0.15) is 5.82 Å². The molecule has 0 amide bonds. The molecule has 1 aromatic heterocycles. The van der Waals surface area contributed by atoms with Gasteiger partial charge in [-0.2, -0.15) is 13.1 Å². The highest BCUT2D eigenvalue weighted by molar-refractivity contribution is 7.87. The van der Waals surface area contributed by atoms with Crippen molar-refractivity contribution < 1.29 is 8.42 Å². The Morgan fingerprint density at radius 1 is 1.75 bits per heavy atom. The van der Waals surface area contributed by atoms with Gasteiger partial charge in [0.05, 0.1) is 6.67 Å². The predicted octanol–water partition coefficient (Wildman–Crippen LogP) is -1.06. The molecule has 0 atom stereocenters. The van der Waals surface area contributed by atoms with E-state index in [2.05, 4.69) is 9.71 Å². The van der Waals surface area contributed by atoms with Gasteiger partial charge >= 0.3 is 0 Å². The molecule has 0 spiro atoms. The molecule has 0 fully saturated rings. The molecule has 1 rings (SSSR count). The van der Waals surface area contributed by atoms with Crippen LogP contribution in [-0.4, -0.2) is 18.0 Å². The average Bonchev–Trinajstić information content (AvgIpc) is 2.29. The lowest BCUT2D eigenvalue weighted by atomic mass is 10.7. The normalized spacial score (nSPS) is 11.8. The SMILES string of the molecule is Cc1nccn1CNS(N)(=O)=O. The second-order valence-electron chi connectivity index (χ2n) is 2.29. The van der Waals surface area contributed by atoms with Gasteiger partial charge in [0.2, 0.25) is 0 Å². The Morgan fingerprint density at radius 2 is 2.42 bits per heavy atom. The highest BCUT2D eigenvalue weighted by Crippen LogP contribution is 1.92. The number of rotatable bonds is 3. The maximum atomic E-state index is 10.5. The van der Waals surface area contributed by atoms with Crippen LogP contribution < -0.4 is 9.86 Å². The molecule has 6 nitrogen and oxygen atoms in total. The van der Waals surface area contributed by atoms with Crippen molar-refractivity contribution in [2.24, 2.45) is 5.14 Å². The lowest BCUT2D eigenvalue weighted by molar-refractivity contribution is 0.561. The number of nitrogens with two attached hydrogens (primary N) is 1. The summed E-state index contributed by atoms with van der Waals surface area (Å²) in [5, 5.41) is 4.73. The quantitative estimate of drug-likeness (QED) is 0.636. The molecule has 12 heavy (non-hydrogen) atoms. The van der Waals surface area contributed by atoms with Gasteiger partial charge in [-0.15, -0.1) is 0 Å². The van der Waals surface area contributed by atoms with Crippen molar-refractivity contribution in [2.75, 3.05) is 0 Å². The van der Waals surface area contributed by atoms with Gasteiger partial charge in [0.25, 0.3) is 10.2 Å². The molecule has 3 N–H and O–H groups in total. The van der Waals surface area contributed by atoms with E-state index in [0.717, 1.165) is 5.82 Å². The van der Waals surface area contributed by atoms with E-state index in [9.17, 15) is 8.42 Å². The number of nitrogens with one attached hydrogen (secondary N) is 1. The first-order chi connectivity index (χ1) is 5.49. The Morgan fingerprint density at radius 3 is 2.83 bits per heavy atom. The Balaban J connectivity index is 2.61. The van der Waals surface area contributed by atoms with E-state index in [-0.39, 0.29) is 6.67 Å². The van der Waals surface area contributed by atoms with Crippen molar-refractivity contribution in [2.45, 2.75) is 13.6 Å². The van der Waals surface area contributed by atoms with Gasteiger partial charge in [0.1, 0.15) is 5.82 Å². The van der Waals surface area contributed by atoms with E-state index >= 15 is 0 Å². The molecule has 1 heterocycles. The van der Waals surface area contributed by atoms with Gasteiger partial charge in [-0.1, -0.05) is 0 Å². The van der Waals surface area contributed by atoms with Crippen molar-refractivity contribution >= 4 is 10.2 Å². The number of aryl methyl sites for hydroxylation is 1. The second kappa shape index (κ2) is 3.21. The van der Waals surface area contributed by atoms with E-state index in [1.165, 1.54) is 0 Å². The third-order valence-corrected chi connectivity index (χ3v) is 1.89. The first-order valence-corrected chi connectivity index (χ1v) is 4.79. The minimum absolute atomic E-state index is 0.116. The van der Waals surface area contributed by atoms with Crippen LogP contribution in [0.15, 0.2) is 12.4 Å². The second-order valence-corrected chi connectivity index (χ2v) is 3.67. The molecular weight excluding hydrogens is 180 g/mol. The van der Waals surface area contributed by atoms with Crippen LogP contribution in [0.5, 0.6) is 0 Å². The molecule has 0 unspecified atom stereocenters. The standard InChI is InChI=1S/C5H10N4O2S/c1-5-7-2-3-9(5)4-8-12(6,10)11/h2-3,8H,4H2,1H3,(H2,6,10,11). The van der Waals surface area contributed by atoms with Crippen LogP contribution in [0.3, 0.4) is 0 Å². The minimum Gasteiger partial charge on any atom is -0.321 e. The lowest BCUT2D eigenvalue weighted by Gasteiger charge is -2.03. The highest BCUT2D eigenvalue weighted by Gasteiger charge is 2.01. The Labute approximate surface area is 70.6 Å². The summed E-state index contributed by atoms with van der Waals surface area (Å²) in [5.41, 5.74) is 0. The van der Waals surface area contributed by atoms with Crippen molar-refractivity contribution in [1.29, 1.82) is 0 Å². The minimum atomic E-state index is -3.62. The van der Waals surface area contributed by atoms with E-state index in [4.69, 9.17) is 5.14 Å². The van der Waals surface area contributed by atoms with Crippen LogP contribution in [0.2, 0.25) is 0 Å². The zero-order chi connectivity index (χ0) is 9.19. The van der Waals surface area contributed by atoms with Crippen LogP contribution in [0, 0.1) is 6.92 Å². The van der Waals surface area contributed by atoms with Crippen molar-refractivity contribution in [3.05, 3.63) is 18.2 Å². The number of hydrogen-bond acceptors (Lipinski definition) is 3. The monoisotopic (exact) mass is 190 g/mol. The summed E-state index contributed by atoms with van der Waals surface area (Å²) in [7, 11) is -3.62. The number of nitrogens with zero attached hydrogens (tertiary/aromatic N) is 2. The summed E-state index contributed by atoms with van der Waals surface area (Å²) in [6.07, 6.45) is 3.24. The van der Waals surface area contributed by atoms with Crippen LogP contribution in [-0.2, 0) is 16.9 Å². The van der Waals surface area contributed by atoms with Gasteiger partial charge in [0.15, 0.2) is 0 Å². The van der Waals surface area contributed by atoms with Crippen molar-refractivity contribution in [1.82, 2.24) is 14.3 Å². The van der Waals surface area contributed by atoms with Gasteiger partial charge in [-0.25, -0.2) is 10.1 Å². The van der Waals surface area contributed by atoms with Crippen LogP contribution >= 0.6 is 0 Å². The fourth-order valence-corrected chi connectivity index (χ4v) is 1.05. The zero-order valence-corrected chi connectivity index (χ0v) is 7.37. The Hall–Kier alpha value is -0.920. The number of imidazole rings is 1. The number of hydrogen-bond donors (Lipinski definition) is 2. The van der Waals surface area contributed by atoms with E-state index in [1.54, 1.807) is 23.9 Å². The maximum Gasteiger partial charge on any atom is 0.275 e. The molecular formula is C5H10N4O2S. The van der Waals surface area contributed by atoms with Gasteiger partial charge in [-0.3, -0.25) is 0 Å². The Kier molecular flexibility index (Phi) is 2.46. The fraction of sp³-hybridized carbons (Fsp3) is 0.400. The summed E-state index contributed by atoms with van der Waals surface area (Å²) in [5.74, 6) is 0.728. The zero-order valence-electron chi connectivity index (χ0n) is 6.56. The Bertz CT molecular complexity index is 355. The van der Waals surface area contributed by atoms with Crippen LogP contribution in [0.25, 0.3) is 0 Å². The lowest BCUT2D eigenvalue weighted by Crippen LogP contribution is -2.32. The molecule has 7 heteroatoms. The summed E-state index contributed by atoms with van der Waals surface area (Å²) < 4.78 is 24.7. The topological polar surface area (TPSA) is 90.0 Å². The summed E-state index contributed by atoms with van der Waals surface area (Å²) >= 11 is 0. The molecule has 0 aliphatic heterocycles. The van der Waals surface area contributed by atoms with Crippen LogP contribution in [0.4, 0.5) is 0 Å². The molecule has 0 aliphatic rings. The molecule has 0 saturated carbocycles. The third kappa shape index (κ3) is 2.61. The van der Waals surface area contributed by atoms with E-state index in [0.29, 0.717) is 0 Å². The highest BCUT2D eigenvalue weighted by atomic mass is 32.2. The first-order valence-electron chi connectivity index (χ1n) is 3.24. The van der Waals surface area contributed by atoms with E-state index < -0.39 is 10.2 Å². The van der Waals surface area contributed by atoms with Crippen molar-refractivity contribution in [3.8, 4) is 0 Å². The molecule has 0 saturated heterocycles. The largest absolute Gasteiger partial charge is 0.321 e. The molecule has 0 bridgehead atoms.